The van der Waals surface area contributed by atoms with E-state index in [9.17, 15) is 92.5 Å². The number of aromatic nitrogens is 6. The predicted molar refractivity (Wildman–Crippen MR) is 257 cm³/mol. The molecule has 0 atom stereocenters. The van der Waals surface area contributed by atoms with Crippen molar-refractivity contribution in [3.05, 3.63) is 104 Å². The average molecular weight is 1380 g/mol. The van der Waals surface area contributed by atoms with Crippen molar-refractivity contribution >= 4 is 155 Å². The van der Waals surface area contributed by atoms with Gasteiger partial charge in [-0.15, -0.1) is 10.2 Å². The molecule has 0 bridgehead atoms. The van der Waals surface area contributed by atoms with Crippen molar-refractivity contribution in [2.75, 3.05) is 22.1 Å². The van der Waals surface area contributed by atoms with Crippen LogP contribution in [0.1, 0.15) is 0 Å². The molecule has 48 heteroatoms. The number of fused-ring (bicyclic) bond motifs is 2. The molecule has 0 saturated carbocycles. The number of anilines is 6. The number of benzene rings is 6. The maximum atomic E-state index is 13.5. The van der Waals surface area contributed by atoms with Gasteiger partial charge in [0.2, 0.25) is 34.4 Å². The third-order valence-electron chi connectivity index (χ3n) is 9.89. The first-order valence-corrected chi connectivity index (χ1v) is 26.6. The molecule has 6 aromatic carbocycles. The van der Waals surface area contributed by atoms with Crippen molar-refractivity contribution in [3.8, 4) is 23.0 Å². The van der Waals surface area contributed by atoms with Gasteiger partial charge in [-0.05, 0) is 81.1 Å². The first-order valence-electron chi connectivity index (χ1n) is 20.2. The summed E-state index contributed by atoms with van der Waals surface area (Å²) >= 11 is 11.4. The van der Waals surface area contributed by atoms with Crippen molar-refractivity contribution in [1.29, 1.82) is 0 Å². The van der Waals surface area contributed by atoms with Crippen LogP contribution in [-0.4, -0.2) is 91.6 Å². The first-order chi connectivity index (χ1) is 37.1. The first kappa shape index (κ1) is 80.0. The van der Waals surface area contributed by atoms with Crippen molar-refractivity contribution in [3.63, 3.8) is 0 Å². The van der Waals surface area contributed by atoms with Gasteiger partial charge in [-0.3, -0.25) is 20.2 Å². The van der Waals surface area contributed by atoms with Crippen LogP contribution < -0.4 is 190 Å². The summed E-state index contributed by atoms with van der Waals surface area (Å²) in [6.07, 6.45) is 0. The predicted octanol–water partition coefficient (Wildman–Crippen LogP) is -12.4. The number of hydrogen-bond donors (Lipinski definition) is 4. The number of nitrogens with zero attached hydrogens (tertiary/aromatic N) is 12. The van der Waals surface area contributed by atoms with Crippen LogP contribution in [0.4, 0.5) is 69.3 Å². The summed E-state index contributed by atoms with van der Waals surface area (Å²) in [4.78, 5) is 37.6. The minimum atomic E-state index is -5.52. The summed E-state index contributed by atoms with van der Waals surface area (Å²) in [5, 5.41) is 88.7. The van der Waals surface area contributed by atoms with Gasteiger partial charge in [-0.2, -0.15) is 40.1 Å². The van der Waals surface area contributed by atoms with Gasteiger partial charge in [0.05, 0.1) is 52.2 Å². The van der Waals surface area contributed by atoms with E-state index < -0.39 is 194 Å². The number of nitrogen functional groups attached to an aromatic ring is 2. The van der Waals surface area contributed by atoms with Gasteiger partial charge in [0, 0.05) is 35.6 Å². The van der Waals surface area contributed by atoms with Crippen molar-refractivity contribution in [2.24, 2.45) is 20.5 Å². The Balaban J connectivity index is 0.000000804. The van der Waals surface area contributed by atoms with Gasteiger partial charge in [-0.25, -0.2) is 33.7 Å². The molecule has 0 aliphatic rings. The molecular weight excluding hydrogens is 1370 g/mol. The van der Waals surface area contributed by atoms with Crippen LogP contribution in [0, 0.1) is 20.2 Å². The molecule has 0 fully saturated rings. The Bertz CT molecular complexity index is 4220. The third kappa shape index (κ3) is 19.5. The van der Waals surface area contributed by atoms with E-state index in [2.05, 4.69) is 61.0 Å². The topological polar surface area (TPSA) is 610 Å². The summed E-state index contributed by atoms with van der Waals surface area (Å²) in [5.41, 5.74) is 5.20. The number of halogens is 2. The second-order valence-electron chi connectivity index (χ2n) is 15.1. The van der Waals surface area contributed by atoms with Crippen LogP contribution in [-0.2, 0) is 57.8 Å². The zero-order chi connectivity index (χ0) is 59.1. The minimum absolute atomic E-state index is 0. The summed E-state index contributed by atoms with van der Waals surface area (Å²) in [6, 6.07) is 8.38. The van der Waals surface area contributed by atoms with Crippen LogP contribution in [0.25, 0.3) is 21.5 Å². The van der Waals surface area contributed by atoms with Crippen LogP contribution >= 0.6 is 23.2 Å². The van der Waals surface area contributed by atoms with Crippen molar-refractivity contribution in [1.82, 2.24) is 29.9 Å². The Hall–Kier alpha value is -3.99. The quantitative estimate of drug-likeness (QED) is 0.0258. The molecule has 8 aromatic rings. The summed E-state index contributed by atoms with van der Waals surface area (Å²) < 4.78 is 143. The monoisotopic (exact) mass is 1380 g/mol. The molecule has 0 aliphatic heterocycles. The second kappa shape index (κ2) is 31.6. The number of nitro groups is 2. The third-order valence-corrected chi connectivity index (χ3v) is 13.6. The van der Waals surface area contributed by atoms with Crippen molar-refractivity contribution in [2.45, 2.75) is 19.6 Å². The fourth-order valence-corrected chi connectivity index (χ4v) is 9.31. The van der Waals surface area contributed by atoms with Gasteiger partial charge in [-0.1, -0.05) is 35.1 Å². The molecule has 0 saturated heterocycles. The Morgan fingerprint density at radius 2 is 0.791 bits per heavy atom. The molecular formula is C38H18Cl2CrN16Na5O20S4. The normalized spacial score (nSPS) is 11.3. The maximum absolute atomic E-state index is 13.5. The number of hydrogen-bond acceptors (Lipinski definition) is 34. The average Bonchev–Trinajstić information content (AvgIpc) is 1.25. The standard InChI is InChI=1S/2C19H13ClN8O10S2.Cr.5Na/c2*20-17-23-18(21)25-19(24-17)22-11-6-9(39(33,34)35)3-7-4-13(40(36,37)38)15(16(30)14(7)11)27-26-10-5-8(28(31)32)1-2-12(10)29;;;;;;/h2*1-6,29-30H,(H,33,34,35)(H,36,37,38)(H3,21,22,23,24,25);;;;;;/q;;+3;5*+1/p-8. The van der Waals surface area contributed by atoms with Gasteiger partial charge >= 0.3 is 165 Å². The van der Waals surface area contributed by atoms with Gasteiger partial charge in [0.1, 0.15) is 40.5 Å². The van der Waals surface area contributed by atoms with E-state index >= 15 is 0 Å². The molecule has 0 amide bonds. The number of non-ortho nitro benzene ring substituents is 2. The molecule has 86 heavy (non-hydrogen) atoms. The van der Waals surface area contributed by atoms with E-state index in [1.165, 1.54) is 0 Å². The molecule has 0 spiro atoms. The van der Waals surface area contributed by atoms with Crippen LogP contribution in [0.2, 0.25) is 10.6 Å². The molecule has 419 valence electrons. The summed E-state index contributed by atoms with van der Waals surface area (Å²) in [7, 11) is -21.5. The number of azo groups is 2. The molecule has 36 nitrogen and oxygen atoms in total. The fraction of sp³-hybridized carbons (Fsp3) is 0. The molecule has 2 heterocycles. The Morgan fingerprint density at radius 3 is 1.07 bits per heavy atom. The SMILES string of the molecule is Nc1nc(Cl)nc(Nc2cc(S(=O)(=O)[O-])cc3cc(S(=O)(=O)[O-])c(N=Nc4cc([N+](=O)[O-])ccc4[O-])c([O-])c23)n1.Nc1nc(Cl)nc(Nc2cc(S(=O)(=O)[O-])cc3cc(S(=O)(=O)[O-])c(N=Nc4cc([N+](=O)[O-])ccc4[O-])c([O-])c23)n1.[Cr+3].[Na+].[Na+].[Na+].[Na+].[Na+]. The number of nitrogens with two attached hydrogens (primary N) is 2. The van der Waals surface area contributed by atoms with E-state index in [-0.39, 0.29) is 165 Å². The van der Waals surface area contributed by atoms with Crippen molar-refractivity contribution < 1.29 is 247 Å². The Kier molecular flexibility index (Phi) is 29.5. The smallest absolute Gasteiger partial charge is 0.871 e. The number of nitrogens with one attached hydrogen (secondary N) is 2. The molecule has 0 unspecified atom stereocenters. The maximum Gasteiger partial charge on any atom is 3.00 e. The molecule has 0 aliphatic carbocycles. The van der Waals surface area contributed by atoms with E-state index in [0.29, 0.717) is 48.5 Å². The zero-order valence-corrected chi connectivity index (χ0v) is 59.5. The fourth-order valence-electron chi connectivity index (χ4n) is 6.63. The number of rotatable bonds is 14. The Labute approximate surface area is 612 Å². The second-order valence-corrected chi connectivity index (χ2v) is 21.2. The minimum Gasteiger partial charge on any atom is -0.871 e. The summed E-state index contributed by atoms with van der Waals surface area (Å²) in [6.45, 7) is 0. The van der Waals surface area contributed by atoms with E-state index in [1.54, 1.807) is 0 Å². The van der Waals surface area contributed by atoms with Gasteiger partial charge < -0.3 is 60.7 Å². The Morgan fingerprint density at radius 1 is 0.465 bits per heavy atom. The summed E-state index contributed by atoms with van der Waals surface area (Å²) in [5.74, 6) is -6.16. The van der Waals surface area contributed by atoms with Crippen LogP contribution in [0.15, 0.2) is 113 Å². The van der Waals surface area contributed by atoms with Gasteiger partial charge in [0.15, 0.2) is 0 Å². The largest absolute Gasteiger partial charge is 3.00 e. The van der Waals surface area contributed by atoms with E-state index in [0.717, 1.165) is 24.3 Å². The van der Waals surface area contributed by atoms with Crippen LogP contribution in [0.3, 0.4) is 0 Å². The number of nitro benzene ring substituents is 2. The van der Waals surface area contributed by atoms with Crippen LogP contribution in [0.5, 0.6) is 23.0 Å². The van der Waals surface area contributed by atoms with Gasteiger partial charge in [0.25, 0.3) is 11.4 Å². The zero-order valence-electron chi connectivity index (χ0n) is 43.4. The molecule has 1 radical (unpaired) electrons. The molecule has 2 aromatic heterocycles. The van der Waals surface area contributed by atoms with E-state index in [1.807, 2.05) is 0 Å². The molecule has 8 rings (SSSR count). The molecule has 6 N–H and O–H groups in total. The van der Waals surface area contributed by atoms with E-state index in [4.69, 9.17) is 34.7 Å².